The molecule has 0 spiro atoms. The summed E-state index contributed by atoms with van der Waals surface area (Å²) in [5.41, 5.74) is 2.18. The zero-order valence-corrected chi connectivity index (χ0v) is 13.7. The van der Waals surface area contributed by atoms with Crippen molar-refractivity contribution in [1.82, 2.24) is 10.1 Å². The summed E-state index contributed by atoms with van der Waals surface area (Å²) in [4.78, 5) is 4.55. The maximum Gasteiger partial charge on any atom is 0.270 e. The molecule has 1 atom stereocenters. The van der Waals surface area contributed by atoms with Crippen molar-refractivity contribution in [2.75, 3.05) is 13.2 Å². The lowest BCUT2D eigenvalue weighted by Crippen LogP contribution is -2.26. The number of ether oxygens (including phenoxy) is 2. The van der Waals surface area contributed by atoms with Gasteiger partial charge >= 0.3 is 0 Å². The number of benzene rings is 1. The zero-order valence-electron chi connectivity index (χ0n) is 13.7. The lowest BCUT2D eigenvalue weighted by atomic mass is 10.1. The minimum atomic E-state index is -0.655. The number of aromatic nitrogens is 2. The number of hydrogen-bond acceptors (Lipinski definition) is 5. The van der Waals surface area contributed by atoms with E-state index in [9.17, 15) is 0 Å². The number of hydrogen-bond donors (Lipinski definition) is 0. The van der Waals surface area contributed by atoms with Crippen molar-refractivity contribution >= 4 is 0 Å². The molecule has 23 heavy (non-hydrogen) atoms. The fourth-order valence-electron chi connectivity index (χ4n) is 3.33. The van der Waals surface area contributed by atoms with E-state index in [0.29, 0.717) is 12.5 Å². The van der Waals surface area contributed by atoms with E-state index in [1.165, 1.54) is 24.0 Å². The Morgan fingerprint density at radius 1 is 1.22 bits per heavy atom. The zero-order chi connectivity index (χ0) is 15.9. The van der Waals surface area contributed by atoms with E-state index >= 15 is 0 Å². The molecule has 0 N–H and O–H groups in total. The molecule has 2 aromatic rings. The van der Waals surface area contributed by atoms with Crippen molar-refractivity contribution in [2.24, 2.45) is 0 Å². The number of nitrogens with zero attached hydrogens (tertiary/aromatic N) is 2. The van der Waals surface area contributed by atoms with Gasteiger partial charge in [-0.2, -0.15) is 4.98 Å². The largest absolute Gasteiger partial charge is 0.478 e. The quantitative estimate of drug-likeness (QED) is 0.866. The number of rotatable bonds is 4. The molecule has 2 aliphatic rings. The van der Waals surface area contributed by atoms with Crippen molar-refractivity contribution in [3.05, 3.63) is 41.0 Å². The molecule has 5 heteroatoms. The van der Waals surface area contributed by atoms with Gasteiger partial charge in [-0.05, 0) is 62.8 Å². The third kappa shape index (κ3) is 2.85. The summed E-state index contributed by atoms with van der Waals surface area (Å²) < 4.78 is 17.0. The first-order chi connectivity index (χ1) is 11.1. The molecule has 0 saturated carbocycles. The Labute approximate surface area is 136 Å². The van der Waals surface area contributed by atoms with Crippen LogP contribution in [0.25, 0.3) is 0 Å². The van der Waals surface area contributed by atoms with E-state index in [-0.39, 0.29) is 5.92 Å². The van der Waals surface area contributed by atoms with E-state index in [4.69, 9.17) is 14.0 Å². The Hall–Kier alpha value is -1.88. The van der Waals surface area contributed by atoms with Crippen LogP contribution >= 0.6 is 0 Å². The van der Waals surface area contributed by atoms with E-state index in [0.717, 1.165) is 31.0 Å². The van der Waals surface area contributed by atoms with Crippen molar-refractivity contribution in [2.45, 2.75) is 51.0 Å². The summed E-state index contributed by atoms with van der Waals surface area (Å²) in [6.07, 6.45) is 4.50. The minimum Gasteiger partial charge on any atom is -0.478 e. The average Bonchev–Trinajstić information content (AvgIpc) is 3.26. The third-order valence-electron chi connectivity index (χ3n) is 4.69. The SMILES string of the molecule is CC(C)(Oc1ccc2c(c1)CCC2)c1nc([C@H]2CCOC2)no1. The van der Waals surface area contributed by atoms with Gasteiger partial charge in [-0.15, -0.1) is 0 Å². The van der Waals surface area contributed by atoms with Crippen molar-refractivity contribution < 1.29 is 14.0 Å². The van der Waals surface area contributed by atoms with E-state index in [1.54, 1.807) is 0 Å². The third-order valence-corrected chi connectivity index (χ3v) is 4.69. The van der Waals surface area contributed by atoms with Gasteiger partial charge in [0.2, 0.25) is 0 Å². The van der Waals surface area contributed by atoms with Gasteiger partial charge in [-0.3, -0.25) is 0 Å². The summed E-state index contributed by atoms with van der Waals surface area (Å²) in [5.74, 6) is 2.34. The van der Waals surface area contributed by atoms with Gasteiger partial charge in [-0.25, -0.2) is 0 Å². The fraction of sp³-hybridized carbons (Fsp3) is 0.556. The van der Waals surface area contributed by atoms with Gasteiger partial charge in [0.05, 0.1) is 6.61 Å². The standard InChI is InChI=1S/C18H22N2O3/c1-18(2,17-19-16(20-23-17)14-8-9-21-11-14)22-15-7-6-12-4-3-5-13(12)10-15/h6-7,10,14H,3-5,8-9,11H2,1-2H3/t14-/m0/s1. The van der Waals surface area contributed by atoms with E-state index < -0.39 is 5.60 Å². The fourth-order valence-corrected chi connectivity index (χ4v) is 3.33. The summed E-state index contributed by atoms with van der Waals surface area (Å²) in [5, 5.41) is 4.12. The lowest BCUT2D eigenvalue weighted by Gasteiger charge is -2.22. The van der Waals surface area contributed by atoms with Crippen LogP contribution in [-0.4, -0.2) is 23.4 Å². The molecule has 1 aliphatic heterocycles. The predicted octanol–water partition coefficient (Wildman–Crippen LogP) is 3.38. The molecule has 4 rings (SSSR count). The molecule has 1 saturated heterocycles. The van der Waals surface area contributed by atoms with Crippen LogP contribution in [0.1, 0.15) is 55.4 Å². The molecule has 122 valence electrons. The molecule has 0 amide bonds. The van der Waals surface area contributed by atoms with Crippen LogP contribution in [0.2, 0.25) is 0 Å². The van der Waals surface area contributed by atoms with Gasteiger partial charge in [0.1, 0.15) is 5.75 Å². The topological polar surface area (TPSA) is 57.4 Å². The normalized spacial score (nSPS) is 20.7. The molecule has 0 unspecified atom stereocenters. The minimum absolute atomic E-state index is 0.239. The molecule has 1 aromatic carbocycles. The number of aryl methyl sites for hydroxylation is 2. The molecule has 0 bridgehead atoms. The molecule has 5 nitrogen and oxygen atoms in total. The average molecular weight is 314 g/mol. The molecule has 2 heterocycles. The van der Waals surface area contributed by atoms with Crippen LogP contribution in [0.15, 0.2) is 22.7 Å². The van der Waals surface area contributed by atoms with Crippen molar-refractivity contribution in [3.8, 4) is 5.75 Å². The Kier molecular flexibility index (Phi) is 3.60. The van der Waals surface area contributed by atoms with Crippen LogP contribution in [0.5, 0.6) is 5.75 Å². The second-order valence-corrected chi connectivity index (χ2v) is 6.91. The van der Waals surface area contributed by atoms with Gasteiger partial charge in [0.25, 0.3) is 5.89 Å². The summed E-state index contributed by atoms with van der Waals surface area (Å²) >= 11 is 0. The van der Waals surface area contributed by atoms with E-state index in [1.807, 2.05) is 19.9 Å². The second kappa shape index (κ2) is 5.64. The Balaban J connectivity index is 1.53. The highest BCUT2D eigenvalue weighted by Gasteiger charge is 2.32. The first kappa shape index (κ1) is 14.7. The van der Waals surface area contributed by atoms with Gasteiger partial charge < -0.3 is 14.0 Å². The predicted molar refractivity (Wildman–Crippen MR) is 84.6 cm³/mol. The Morgan fingerprint density at radius 3 is 2.91 bits per heavy atom. The molecule has 1 aromatic heterocycles. The maximum absolute atomic E-state index is 6.16. The van der Waals surface area contributed by atoms with Crippen LogP contribution in [0.4, 0.5) is 0 Å². The maximum atomic E-state index is 6.16. The molecular formula is C18H22N2O3. The van der Waals surface area contributed by atoms with Gasteiger partial charge in [0, 0.05) is 12.5 Å². The second-order valence-electron chi connectivity index (χ2n) is 6.91. The van der Waals surface area contributed by atoms with Crippen LogP contribution in [0, 0.1) is 0 Å². The molecular weight excluding hydrogens is 292 g/mol. The van der Waals surface area contributed by atoms with Crippen molar-refractivity contribution in [1.29, 1.82) is 0 Å². The monoisotopic (exact) mass is 314 g/mol. The Morgan fingerprint density at radius 2 is 2.09 bits per heavy atom. The highest BCUT2D eigenvalue weighted by molar-refractivity contribution is 5.38. The highest BCUT2D eigenvalue weighted by atomic mass is 16.5. The first-order valence-corrected chi connectivity index (χ1v) is 8.34. The van der Waals surface area contributed by atoms with Gasteiger partial charge in [-0.1, -0.05) is 11.2 Å². The van der Waals surface area contributed by atoms with Crippen molar-refractivity contribution in [3.63, 3.8) is 0 Å². The van der Waals surface area contributed by atoms with Crippen LogP contribution in [0.3, 0.4) is 0 Å². The summed E-state index contributed by atoms with van der Waals surface area (Å²) in [6, 6.07) is 6.35. The number of fused-ring (bicyclic) bond motifs is 1. The van der Waals surface area contributed by atoms with Gasteiger partial charge in [0.15, 0.2) is 11.4 Å². The smallest absolute Gasteiger partial charge is 0.270 e. The molecule has 1 fully saturated rings. The summed E-state index contributed by atoms with van der Waals surface area (Å²) in [7, 11) is 0. The molecule has 1 aliphatic carbocycles. The summed E-state index contributed by atoms with van der Waals surface area (Å²) in [6.45, 7) is 5.36. The highest BCUT2D eigenvalue weighted by Crippen LogP contribution is 2.32. The molecule has 0 radical (unpaired) electrons. The Bertz CT molecular complexity index is 702. The van der Waals surface area contributed by atoms with Crippen LogP contribution < -0.4 is 4.74 Å². The lowest BCUT2D eigenvalue weighted by molar-refractivity contribution is 0.0691. The first-order valence-electron chi connectivity index (χ1n) is 8.34. The van der Waals surface area contributed by atoms with E-state index in [2.05, 4.69) is 22.3 Å². The van der Waals surface area contributed by atoms with Crippen LogP contribution in [-0.2, 0) is 23.2 Å².